The van der Waals surface area contributed by atoms with Crippen LogP contribution in [0.3, 0.4) is 0 Å². The first-order valence-corrected chi connectivity index (χ1v) is 8.03. The van der Waals surface area contributed by atoms with Crippen molar-refractivity contribution in [1.29, 1.82) is 0 Å². The van der Waals surface area contributed by atoms with Gasteiger partial charge in [-0.15, -0.1) is 0 Å². The molecule has 108 valence electrons. The van der Waals surface area contributed by atoms with Crippen LogP contribution in [0.4, 0.5) is 0 Å². The third-order valence-corrected chi connectivity index (χ3v) is 4.22. The van der Waals surface area contributed by atoms with Crippen molar-refractivity contribution in [1.82, 2.24) is 5.32 Å². The van der Waals surface area contributed by atoms with Crippen molar-refractivity contribution in [2.45, 2.75) is 64.8 Å². The van der Waals surface area contributed by atoms with E-state index in [-0.39, 0.29) is 0 Å². The van der Waals surface area contributed by atoms with Crippen LogP contribution in [0, 0.1) is 5.92 Å². The van der Waals surface area contributed by atoms with Gasteiger partial charge in [0.15, 0.2) is 0 Å². The van der Waals surface area contributed by atoms with Crippen LogP contribution in [-0.2, 0) is 6.42 Å². The second-order valence-electron chi connectivity index (χ2n) is 5.58. The average molecular weight is 261 g/mol. The molecule has 0 fully saturated rings. The van der Waals surface area contributed by atoms with Crippen LogP contribution in [0.5, 0.6) is 0 Å². The summed E-state index contributed by atoms with van der Waals surface area (Å²) in [4.78, 5) is 0. The van der Waals surface area contributed by atoms with Gasteiger partial charge in [-0.1, -0.05) is 63.4 Å². The van der Waals surface area contributed by atoms with Crippen LogP contribution in [0.15, 0.2) is 30.3 Å². The van der Waals surface area contributed by atoms with Crippen molar-refractivity contribution >= 4 is 0 Å². The maximum atomic E-state index is 3.55. The lowest BCUT2D eigenvalue weighted by Gasteiger charge is -2.26. The minimum absolute atomic E-state index is 0.695. The monoisotopic (exact) mass is 261 g/mol. The van der Waals surface area contributed by atoms with Crippen molar-refractivity contribution < 1.29 is 0 Å². The molecule has 0 aliphatic rings. The number of nitrogens with one attached hydrogen (secondary N) is 1. The number of unbranched alkanes of at least 4 members (excludes halogenated alkanes) is 1. The molecule has 0 heterocycles. The van der Waals surface area contributed by atoms with E-state index in [4.69, 9.17) is 0 Å². The molecule has 0 amide bonds. The van der Waals surface area contributed by atoms with Gasteiger partial charge in [-0.2, -0.15) is 0 Å². The van der Waals surface area contributed by atoms with E-state index in [2.05, 4.69) is 56.5 Å². The van der Waals surface area contributed by atoms with Gasteiger partial charge in [0, 0.05) is 6.04 Å². The van der Waals surface area contributed by atoms with Crippen LogP contribution >= 0.6 is 0 Å². The zero-order chi connectivity index (χ0) is 13.9. The molecule has 2 atom stereocenters. The van der Waals surface area contributed by atoms with Crippen LogP contribution in [0.1, 0.15) is 57.9 Å². The molecule has 1 nitrogen and oxygen atoms in total. The molecule has 0 aliphatic carbocycles. The molecule has 1 aromatic rings. The van der Waals surface area contributed by atoms with E-state index in [0.29, 0.717) is 6.04 Å². The minimum atomic E-state index is 0.695. The zero-order valence-corrected chi connectivity index (χ0v) is 13.0. The molecule has 0 bridgehead atoms. The highest BCUT2D eigenvalue weighted by Gasteiger charge is 2.17. The van der Waals surface area contributed by atoms with Gasteiger partial charge in [0.1, 0.15) is 0 Å². The Morgan fingerprint density at radius 2 is 1.74 bits per heavy atom. The van der Waals surface area contributed by atoms with E-state index in [1.807, 2.05) is 0 Å². The Bertz CT molecular complexity index is 307. The first-order chi connectivity index (χ1) is 9.31. The molecule has 1 aromatic carbocycles. The highest BCUT2D eigenvalue weighted by atomic mass is 14.9. The van der Waals surface area contributed by atoms with Crippen molar-refractivity contribution in [2.24, 2.45) is 5.92 Å². The maximum absolute atomic E-state index is 3.55. The number of aryl methyl sites for hydroxylation is 1. The standard InChI is InChI=1S/C18H31N/c1-4-6-14-17(5-2)18(19-3)15-10-13-16-11-8-7-9-12-16/h7-9,11-12,17-19H,4-6,10,13-15H2,1-3H3. The maximum Gasteiger partial charge on any atom is 0.00923 e. The molecule has 19 heavy (non-hydrogen) atoms. The molecule has 0 saturated carbocycles. The van der Waals surface area contributed by atoms with E-state index >= 15 is 0 Å². The highest BCUT2D eigenvalue weighted by molar-refractivity contribution is 5.14. The second-order valence-corrected chi connectivity index (χ2v) is 5.58. The van der Waals surface area contributed by atoms with Crippen molar-refractivity contribution in [3.63, 3.8) is 0 Å². The summed E-state index contributed by atoms with van der Waals surface area (Å²) in [6.07, 6.45) is 9.17. The van der Waals surface area contributed by atoms with Crippen LogP contribution < -0.4 is 5.32 Å². The van der Waals surface area contributed by atoms with Crippen LogP contribution in [0.25, 0.3) is 0 Å². The Morgan fingerprint density at radius 1 is 1.00 bits per heavy atom. The first kappa shape index (κ1) is 16.2. The summed E-state index contributed by atoms with van der Waals surface area (Å²) in [5, 5.41) is 3.55. The molecule has 0 saturated heterocycles. The second kappa shape index (κ2) is 10.0. The molecular weight excluding hydrogens is 230 g/mol. The number of hydrogen-bond acceptors (Lipinski definition) is 1. The van der Waals surface area contributed by atoms with E-state index in [1.165, 1.54) is 50.5 Å². The fraction of sp³-hybridized carbons (Fsp3) is 0.667. The lowest BCUT2D eigenvalue weighted by atomic mass is 9.88. The van der Waals surface area contributed by atoms with E-state index in [1.54, 1.807) is 0 Å². The number of benzene rings is 1. The summed E-state index contributed by atoms with van der Waals surface area (Å²) in [5.41, 5.74) is 1.47. The van der Waals surface area contributed by atoms with Gasteiger partial charge in [0.2, 0.25) is 0 Å². The zero-order valence-electron chi connectivity index (χ0n) is 13.0. The Labute approximate surface area is 119 Å². The third-order valence-electron chi connectivity index (χ3n) is 4.22. The lowest BCUT2D eigenvalue weighted by Crippen LogP contribution is -2.33. The van der Waals surface area contributed by atoms with Gasteiger partial charge in [0.05, 0.1) is 0 Å². The summed E-state index contributed by atoms with van der Waals surface area (Å²) in [7, 11) is 2.13. The SMILES string of the molecule is CCCCC(CC)C(CCCc1ccccc1)NC. The lowest BCUT2D eigenvalue weighted by molar-refractivity contribution is 0.312. The Morgan fingerprint density at radius 3 is 2.32 bits per heavy atom. The Hall–Kier alpha value is -0.820. The highest BCUT2D eigenvalue weighted by Crippen LogP contribution is 2.20. The molecule has 2 unspecified atom stereocenters. The number of rotatable bonds is 10. The summed E-state index contributed by atoms with van der Waals surface area (Å²) in [5.74, 6) is 0.848. The van der Waals surface area contributed by atoms with Gasteiger partial charge >= 0.3 is 0 Å². The van der Waals surface area contributed by atoms with E-state index in [9.17, 15) is 0 Å². The minimum Gasteiger partial charge on any atom is -0.317 e. The van der Waals surface area contributed by atoms with Crippen molar-refractivity contribution in [3.8, 4) is 0 Å². The Balaban J connectivity index is 2.34. The number of hydrogen-bond donors (Lipinski definition) is 1. The largest absolute Gasteiger partial charge is 0.317 e. The predicted octanol–water partition coefficient (Wildman–Crippen LogP) is 4.81. The van der Waals surface area contributed by atoms with E-state index < -0.39 is 0 Å². The molecule has 0 aromatic heterocycles. The molecule has 1 N–H and O–H groups in total. The topological polar surface area (TPSA) is 12.0 Å². The summed E-state index contributed by atoms with van der Waals surface area (Å²) in [6.45, 7) is 4.62. The molecule has 0 spiro atoms. The van der Waals surface area contributed by atoms with Gasteiger partial charge in [-0.3, -0.25) is 0 Å². The van der Waals surface area contributed by atoms with Gasteiger partial charge in [-0.05, 0) is 44.2 Å². The average Bonchev–Trinajstić information content (AvgIpc) is 2.47. The molecule has 0 aliphatic heterocycles. The summed E-state index contributed by atoms with van der Waals surface area (Å²) < 4.78 is 0. The fourth-order valence-electron chi connectivity index (χ4n) is 2.94. The normalized spacial score (nSPS) is 14.3. The fourth-order valence-corrected chi connectivity index (χ4v) is 2.94. The molecule has 1 heteroatoms. The van der Waals surface area contributed by atoms with E-state index in [0.717, 1.165) is 5.92 Å². The quantitative estimate of drug-likeness (QED) is 0.637. The van der Waals surface area contributed by atoms with Gasteiger partial charge in [0.25, 0.3) is 0 Å². The summed E-state index contributed by atoms with van der Waals surface area (Å²) >= 11 is 0. The van der Waals surface area contributed by atoms with Crippen LogP contribution in [-0.4, -0.2) is 13.1 Å². The molecule has 0 radical (unpaired) electrons. The Kier molecular flexibility index (Phi) is 8.57. The first-order valence-electron chi connectivity index (χ1n) is 8.03. The molecular formula is C18H31N. The van der Waals surface area contributed by atoms with Crippen molar-refractivity contribution in [3.05, 3.63) is 35.9 Å². The smallest absolute Gasteiger partial charge is 0.00923 e. The molecule has 1 rings (SSSR count). The van der Waals surface area contributed by atoms with Crippen LogP contribution in [0.2, 0.25) is 0 Å². The summed E-state index contributed by atoms with van der Waals surface area (Å²) in [6, 6.07) is 11.5. The van der Waals surface area contributed by atoms with Gasteiger partial charge in [-0.25, -0.2) is 0 Å². The van der Waals surface area contributed by atoms with Crippen molar-refractivity contribution in [2.75, 3.05) is 7.05 Å². The third kappa shape index (κ3) is 6.24. The predicted molar refractivity (Wildman–Crippen MR) is 85.5 cm³/mol. The van der Waals surface area contributed by atoms with Gasteiger partial charge < -0.3 is 5.32 Å².